The Morgan fingerprint density at radius 1 is 1.26 bits per heavy atom. The summed E-state index contributed by atoms with van der Waals surface area (Å²) in [5.41, 5.74) is 1.47. The molecule has 1 aromatic carbocycles. The van der Waals surface area contributed by atoms with Gasteiger partial charge in [0, 0.05) is 19.6 Å². The lowest BCUT2D eigenvalue weighted by molar-refractivity contribution is -0.125. The van der Waals surface area contributed by atoms with E-state index in [9.17, 15) is 9.59 Å². The van der Waals surface area contributed by atoms with Crippen LogP contribution < -0.4 is 5.32 Å². The molecule has 2 rings (SSSR count). The second-order valence-corrected chi connectivity index (χ2v) is 7.22. The average molecular weight is 376 g/mol. The first kappa shape index (κ1) is 21.4. The van der Waals surface area contributed by atoms with Gasteiger partial charge in [-0.15, -0.1) is 0 Å². The predicted octanol–water partition coefficient (Wildman–Crippen LogP) is 2.14. The number of amides is 1. The highest BCUT2D eigenvalue weighted by Crippen LogP contribution is 2.20. The summed E-state index contributed by atoms with van der Waals surface area (Å²) in [5, 5.41) is 3.01. The van der Waals surface area contributed by atoms with Crippen LogP contribution in [-0.4, -0.2) is 67.6 Å². The maximum Gasteiger partial charge on any atom is 0.337 e. The third-order valence-corrected chi connectivity index (χ3v) is 5.50. The van der Waals surface area contributed by atoms with Gasteiger partial charge in [0.25, 0.3) is 0 Å². The topological polar surface area (TPSA) is 61.9 Å². The van der Waals surface area contributed by atoms with Crippen molar-refractivity contribution in [1.29, 1.82) is 0 Å². The van der Waals surface area contributed by atoms with E-state index in [2.05, 4.69) is 29.0 Å². The minimum atomic E-state index is -0.354. The maximum absolute atomic E-state index is 12.5. The fraction of sp³-hybridized carbons (Fsp3) is 0.619. The van der Waals surface area contributed by atoms with Gasteiger partial charge >= 0.3 is 5.97 Å². The summed E-state index contributed by atoms with van der Waals surface area (Å²) in [6.07, 6.45) is 1.16. The molecule has 0 spiro atoms. The Hall–Kier alpha value is -1.92. The van der Waals surface area contributed by atoms with Crippen LogP contribution in [-0.2, 0) is 16.1 Å². The van der Waals surface area contributed by atoms with Gasteiger partial charge in [-0.05, 0) is 56.6 Å². The normalized spacial score (nSPS) is 18.5. The van der Waals surface area contributed by atoms with Crippen molar-refractivity contribution in [2.75, 3.05) is 39.8 Å². The summed E-state index contributed by atoms with van der Waals surface area (Å²) in [7, 11) is 1.36. The molecule has 0 aliphatic carbocycles. The number of ether oxygens (including phenoxy) is 1. The fourth-order valence-corrected chi connectivity index (χ4v) is 3.59. The highest BCUT2D eigenvalue weighted by molar-refractivity contribution is 5.89. The summed E-state index contributed by atoms with van der Waals surface area (Å²) in [6.45, 7) is 12.1. The zero-order valence-electron chi connectivity index (χ0n) is 17.0. The molecule has 0 bridgehead atoms. The van der Waals surface area contributed by atoms with Crippen LogP contribution in [0.5, 0.6) is 0 Å². The molecule has 1 N–H and O–H groups in total. The predicted molar refractivity (Wildman–Crippen MR) is 107 cm³/mol. The molecule has 150 valence electrons. The monoisotopic (exact) mass is 375 g/mol. The van der Waals surface area contributed by atoms with E-state index in [1.54, 1.807) is 12.1 Å². The van der Waals surface area contributed by atoms with Crippen LogP contribution in [0, 0.1) is 5.92 Å². The van der Waals surface area contributed by atoms with E-state index >= 15 is 0 Å². The molecule has 0 radical (unpaired) electrons. The molecule has 0 saturated carbocycles. The summed E-state index contributed by atoms with van der Waals surface area (Å²) in [6, 6.07) is 6.99. The number of rotatable bonds is 9. The first-order valence-corrected chi connectivity index (χ1v) is 9.89. The van der Waals surface area contributed by atoms with Crippen LogP contribution in [0.1, 0.15) is 43.1 Å². The maximum atomic E-state index is 12.5. The van der Waals surface area contributed by atoms with Crippen molar-refractivity contribution in [1.82, 2.24) is 15.1 Å². The molecule has 27 heavy (non-hydrogen) atoms. The van der Waals surface area contributed by atoms with Crippen molar-refractivity contribution in [2.24, 2.45) is 5.92 Å². The Morgan fingerprint density at radius 3 is 2.52 bits per heavy atom. The smallest absolute Gasteiger partial charge is 0.337 e. The molecule has 1 fully saturated rings. The number of nitrogens with zero attached hydrogens (tertiary/aromatic N) is 2. The standard InChI is InChI=1S/C21H33N3O3/c1-5-23(6-2)14-18-11-12-24(15-18)16(3)20(25)22-13-17-7-9-19(10-8-17)21(26)27-4/h7-10,16,18H,5-6,11-15H2,1-4H3,(H,22,25). The first-order chi connectivity index (χ1) is 13.0. The Morgan fingerprint density at radius 2 is 1.93 bits per heavy atom. The van der Waals surface area contributed by atoms with Crippen molar-refractivity contribution in [2.45, 2.75) is 39.8 Å². The highest BCUT2D eigenvalue weighted by Gasteiger charge is 2.30. The number of benzene rings is 1. The van der Waals surface area contributed by atoms with Crippen molar-refractivity contribution >= 4 is 11.9 Å². The van der Waals surface area contributed by atoms with E-state index in [0.29, 0.717) is 18.0 Å². The highest BCUT2D eigenvalue weighted by atomic mass is 16.5. The van der Waals surface area contributed by atoms with Crippen LogP contribution in [0.4, 0.5) is 0 Å². The molecule has 1 heterocycles. The van der Waals surface area contributed by atoms with Crippen molar-refractivity contribution < 1.29 is 14.3 Å². The quantitative estimate of drug-likeness (QED) is 0.670. The number of nitrogens with one attached hydrogen (secondary N) is 1. The van der Waals surface area contributed by atoms with E-state index in [1.165, 1.54) is 7.11 Å². The van der Waals surface area contributed by atoms with E-state index in [1.807, 2.05) is 19.1 Å². The number of methoxy groups -OCH3 is 1. The molecule has 1 aliphatic heterocycles. The fourth-order valence-electron chi connectivity index (χ4n) is 3.59. The summed E-state index contributed by atoms with van der Waals surface area (Å²) in [5.74, 6) is 0.342. The van der Waals surface area contributed by atoms with E-state index < -0.39 is 0 Å². The largest absolute Gasteiger partial charge is 0.465 e. The van der Waals surface area contributed by atoms with Gasteiger partial charge in [0.2, 0.25) is 5.91 Å². The lowest BCUT2D eigenvalue weighted by Crippen LogP contribution is -2.44. The molecule has 2 atom stereocenters. The number of hydrogen-bond donors (Lipinski definition) is 1. The van der Waals surface area contributed by atoms with Gasteiger partial charge in [0.1, 0.15) is 0 Å². The van der Waals surface area contributed by atoms with Gasteiger partial charge in [-0.25, -0.2) is 4.79 Å². The molecule has 1 aliphatic rings. The number of likely N-dealkylation sites (tertiary alicyclic amines) is 1. The number of esters is 1. The third kappa shape index (κ3) is 6.04. The zero-order valence-corrected chi connectivity index (χ0v) is 17.0. The summed E-state index contributed by atoms with van der Waals surface area (Å²) >= 11 is 0. The van der Waals surface area contributed by atoms with Gasteiger partial charge in [0.05, 0.1) is 18.7 Å². The SMILES string of the molecule is CCN(CC)CC1CCN(C(C)C(=O)NCc2ccc(C(=O)OC)cc2)C1. The number of carbonyl (C=O) groups is 2. The van der Waals surface area contributed by atoms with Crippen molar-refractivity contribution in [3.05, 3.63) is 35.4 Å². The molecule has 1 aromatic rings. The Bertz CT molecular complexity index is 614. The van der Waals surface area contributed by atoms with Gasteiger partial charge < -0.3 is 15.0 Å². The number of carbonyl (C=O) groups excluding carboxylic acids is 2. The van der Waals surface area contributed by atoms with Gasteiger partial charge in [-0.3, -0.25) is 9.69 Å². The molecular formula is C21H33N3O3. The van der Waals surface area contributed by atoms with E-state index in [4.69, 9.17) is 4.74 Å². The molecular weight excluding hydrogens is 342 g/mol. The second kappa shape index (κ2) is 10.4. The van der Waals surface area contributed by atoms with Gasteiger partial charge in [-0.2, -0.15) is 0 Å². The molecule has 2 unspecified atom stereocenters. The van der Waals surface area contributed by atoms with Crippen LogP contribution in [0.15, 0.2) is 24.3 Å². The second-order valence-electron chi connectivity index (χ2n) is 7.22. The first-order valence-electron chi connectivity index (χ1n) is 9.89. The van der Waals surface area contributed by atoms with Crippen molar-refractivity contribution in [3.63, 3.8) is 0 Å². The van der Waals surface area contributed by atoms with E-state index in [-0.39, 0.29) is 17.9 Å². The minimum absolute atomic E-state index is 0.0514. The van der Waals surface area contributed by atoms with Crippen LogP contribution in [0.25, 0.3) is 0 Å². The molecule has 6 nitrogen and oxygen atoms in total. The molecule has 6 heteroatoms. The van der Waals surface area contributed by atoms with E-state index in [0.717, 1.165) is 44.7 Å². The zero-order chi connectivity index (χ0) is 19.8. The summed E-state index contributed by atoms with van der Waals surface area (Å²) in [4.78, 5) is 28.7. The average Bonchev–Trinajstić information content (AvgIpc) is 3.17. The lowest BCUT2D eigenvalue weighted by atomic mass is 10.1. The van der Waals surface area contributed by atoms with Gasteiger partial charge in [0.15, 0.2) is 0 Å². The Kier molecular flexibility index (Phi) is 8.25. The van der Waals surface area contributed by atoms with Crippen LogP contribution in [0.3, 0.4) is 0 Å². The number of hydrogen-bond acceptors (Lipinski definition) is 5. The Labute approximate surface area is 162 Å². The third-order valence-electron chi connectivity index (χ3n) is 5.50. The molecule has 1 amide bonds. The summed E-state index contributed by atoms with van der Waals surface area (Å²) < 4.78 is 4.69. The molecule has 1 saturated heterocycles. The molecule has 0 aromatic heterocycles. The lowest BCUT2D eigenvalue weighted by Gasteiger charge is -2.25. The Balaban J connectivity index is 1.79. The van der Waals surface area contributed by atoms with Crippen LogP contribution >= 0.6 is 0 Å². The minimum Gasteiger partial charge on any atom is -0.465 e. The van der Waals surface area contributed by atoms with Gasteiger partial charge in [-0.1, -0.05) is 26.0 Å². The van der Waals surface area contributed by atoms with Crippen LogP contribution in [0.2, 0.25) is 0 Å². The van der Waals surface area contributed by atoms with Crippen molar-refractivity contribution in [3.8, 4) is 0 Å².